The minimum Gasteiger partial charge on any atom is -0.228 e. The summed E-state index contributed by atoms with van der Waals surface area (Å²) >= 11 is 1.83. The highest BCUT2D eigenvalue weighted by molar-refractivity contribution is 7.26. The van der Waals surface area contributed by atoms with Crippen LogP contribution in [0.15, 0.2) is 170 Å². The second-order valence-electron chi connectivity index (χ2n) is 14.9. The Morgan fingerprint density at radius 3 is 1.85 bits per heavy atom. The molecule has 0 atom stereocenters. The number of hydrogen-bond donors (Lipinski definition) is 0. The molecule has 2 aromatic heterocycles. The molecule has 3 heteroatoms. The van der Waals surface area contributed by atoms with Gasteiger partial charge in [0.25, 0.3) is 0 Å². The second kappa shape index (κ2) is 11.8. The van der Waals surface area contributed by atoms with Gasteiger partial charge < -0.3 is 0 Å². The summed E-state index contributed by atoms with van der Waals surface area (Å²) in [4.78, 5) is 10.5. The van der Waals surface area contributed by atoms with Crippen LogP contribution in [0.5, 0.6) is 0 Å². The van der Waals surface area contributed by atoms with Gasteiger partial charge in [0.1, 0.15) is 0 Å². The molecule has 0 aliphatic heterocycles. The van der Waals surface area contributed by atoms with Crippen LogP contribution in [-0.2, 0) is 5.41 Å². The lowest BCUT2D eigenvalue weighted by molar-refractivity contribution is 0.661. The van der Waals surface area contributed by atoms with Gasteiger partial charge in [-0.3, -0.25) is 0 Å². The zero-order chi connectivity index (χ0) is 36.0. The van der Waals surface area contributed by atoms with Crippen molar-refractivity contribution in [1.82, 2.24) is 9.97 Å². The van der Waals surface area contributed by atoms with Crippen molar-refractivity contribution >= 4 is 53.1 Å². The molecule has 0 saturated carbocycles. The zero-order valence-electron chi connectivity index (χ0n) is 30.0. The van der Waals surface area contributed by atoms with E-state index in [1.165, 1.54) is 75.1 Å². The van der Waals surface area contributed by atoms with E-state index in [2.05, 4.69) is 178 Å². The Morgan fingerprint density at radius 2 is 1.04 bits per heavy atom. The topological polar surface area (TPSA) is 25.8 Å². The molecule has 0 fully saturated rings. The number of benzene rings is 8. The maximum atomic E-state index is 5.28. The van der Waals surface area contributed by atoms with E-state index in [1.807, 2.05) is 17.4 Å². The standard InChI is InChI=1S/C51H34N2S/c1-51(2)44-26-23-34(28-42(44)43-27-32-15-6-7-16-33(32)29-45(43)51)35-24-25-38(37-18-9-8-17-36(35)37)46-30-47(53-50(52-46)31-13-4-3-5-14-31)41-21-12-20-40-39-19-10-11-22-48(39)54-49(40)41/h3-30H,1-2H3. The first kappa shape index (κ1) is 31.1. The van der Waals surface area contributed by atoms with E-state index in [9.17, 15) is 0 Å². The molecule has 8 aromatic carbocycles. The Kier molecular flexibility index (Phi) is 6.80. The molecular formula is C51H34N2S. The molecule has 0 bridgehead atoms. The Hall–Kier alpha value is -6.42. The lowest BCUT2D eigenvalue weighted by Gasteiger charge is -2.22. The highest BCUT2D eigenvalue weighted by atomic mass is 32.1. The van der Waals surface area contributed by atoms with Crippen LogP contribution in [0.3, 0.4) is 0 Å². The number of aromatic nitrogens is 2. The van der Waals surface area contributed by atoms with Crippen molar-refractivity contribution in [2.75, 3.05) is 0 Å². The zero-order valence-corrected chi connectivity index (χ0v) is 30.8. The largest absolute Gasteiger partial charge is 0.228 e. The average Bonchev–Trinajstić information content (AvgIpc) is 3.71. The van der Waals surface area contributed by atoms with E-state index in [1.54, 1.807) is 0 Å². The van der Waals surface area contributed by atoms with Gasteiger partial charge in [0.05, 0.1) is 11.4 Å². The molecule has 54 heavy (non-hydrogen) atoms. The number of fused-ring (bicyclic) bond motifs is 8. The summed E-state index contributed by atoms with van der Waals surface area (Å²) in [5.74, 6) is 0.724. The van der Waals surface area contributed by atoms with Crippen LogP contribution in [0.25, 0.3) is 97.9 Å². The fraction of sp³-hybridized carbons (Fsp3) is 0.0588. The van der Waals surface area contributed by atoms with Gasteiger partial charge in [0.15, 0.2) is 5.82 Å². The summed E-state index contributed by atoms with van der Waals surface area (Å²) in [5.41, 5.74) is 12.9. The molecular weight excluding hydrogens is 673 g/mol. The molecule has 1 aliphatic rings. The number of rotatable bonds is 4. The van der Waals surface area contributed by atoms with Crippen molar-refractivity contribution in [3.05, 3.63) is 181 Å². The first-order valence-electron chi connectivity index (χ1n) is 18.6. The molecule has 0 spiro atoms. The summed E-state index contributed by atoms with van der Waals surface area (Å²) in [6.07, 6.45) is 0. The molecule has 0 unspecified atom stereocenters. The van der Waals surface area contributed by atoms with Gasteiger partial charge in [0, 0.05) is 42.3 Å². The highest BCUT2D eigenvalue weighted by Crippen LogP contribution is 2.51. The molecule has 10 aromatic rings. The van der Waals surface area contributed by atoms with E-state index >= 15 is 0 Å². The Bertz CT molecular complexity index is 3130. The van der Waals surface area contributed by atoms with E-state index in [4.69, 9.17) is 9.97 Å². The van der Waals surface area contributed by atoms with Crippen LogP contribution in [0.1, 0.15) is 25.0 Å². The first-order chi connectivity index (χ1) is 26.5. The molecule has 0 saturated heterocycles. The van der Waals surface area contributed by atoms with Crippen LogP contribution in [0.2, 0.25) is 0 Å². The van der Waals surface area contributed by atoms with Gasteiger partial charge in [-0.1, -0.05) is 153 Å². The van der Waals surface area contributed by atoms with Gasteiger partial charge in [-0.2, -0.15) is 0 Å². The molecule has 2 nitrogen and oxygen atoms in total. The maximum Gasteiger partial charge on any atom is 0.160 e. The van der Waals surface area contributed by atoms with Crippen LogP contribution < -0.4 is 0 Å². The first-order valence-corrected chi connectivity index (χ1v) is 19.4. The molecule has 1 aliphatic carbocycles. The fourth-order valence-corrected chi connectivity index (χ4v) is 9.99. The van der Waals surface area contributed by atoms with Crippen LogP contribution >= 0.6 is 11.3 Å². The van der Waals surface area contributed by atoms with Crippen molar-refractivity contribution in [1.29, 1.82) is 0 Å². The highest BCUT2D eigenvalue weighted by Gasteiger charge is 2.36. The third-order valence-electron chi connectivity index (χ3n) is 11.5. The summed E-state index contributed by atoms with van der Waals surface area (Å²) in [7, 11) is 0. The predicted octanol–water partition coefficient (Wildman–Crippen LogP) is 14.1. The third-order valence-corrected chi connectivity index (χ3v) is 12.7. The predicted molar refractivity (Wildman–Crippen MR) is 229 cm³/mol. The van der Waals surface area contributed by atoms with Crippen molar-refractivity contribution in [2.24, 2.45) is 0 Å². The van der Waals surface area contributed by atoms with Crippen molar-refractivity contribution in [3.63, 3.8) is 0 Å². The van der Waals surface area contributed by atoms with Crippen molar-refractivity contribution in [2.45, 2.75) is 19.3 Å². The van der Waals surface area contributed by atoms with Crippen molar-refractivity contribution in [3.8, 4) is 56.2 Å². The van der Waals surface area contributed by atoms with E-state index in [0.29, 0.717) is 0 Å². The fourth-order valence-electron chi connectivity index (χ4n) is 8.77. The van der Waals surface area contributed by atoms with E-state index < -0.39 is 0 Å². The van der Waals surface area contributed by atoms with E-state index in [-0.39, 0.29) is 5.41 Å². The molecule has 254 valence electrons. The van der Waals surface area contributed by atoms with Gasteiger partial charge in [0.2, 0.25) is 0 Å². The van der Waals surface area contributed by atoms with Gasteiger partial charge >= 0.3 is 0 Å². The molecule has 11 rings (SSSR count). The average molecular weight is 707 g/mol. The van der Waals surface area contributed by atoms with E-state index in [0.717, 1.165) is 33.9 Å². The summed E-state index contributed by atoms with van der Waals surface area (Å²) < 4.78 is 2.53. The monoisotopic (exact) mass is 706 g/mol. The molecule has 0 amide bonds. The SMILES string of the molecule is CC1(C)c2ccc(-c3ccc(-c4cc(-c5cccc6c5sc5ccccc56)nc(-c5ccccc5)n4)c4ccccc34)cc2-c2cc3ccccc3cc21. The Balaban J connectivity index is 1.10. The summed E-state index contributed by atoms with van der Waals surface area (Å²) in [6, 6.07) is 61.7. The Morgan fingerprint density at radius 1 is 0.407 bits per heavy atom. The minimum absolute atomic E-state index is 0.0689. The summed E-state index contributed by atoms with van der Waals surface area (Å²) in [5, 5.41) is 7.50. The lowest BCUT2D eigenvalue weighted by Crippen LogP contribution is -2.14. The molecule has 2 heterocycles. The lowest BCUT2D eigenvalue weighted by atomic mass is 9.81. The Labute approximate surface area is 318 Å². The maximum absolute atomic E-state index is 5.28. The minimum atomic E-state index is -0.0689. The third kappa shape index (κ3) is 4.72. The molecule has 0 radical (unpaired) electrons. The quantitative estimate of drug-likeness (QED) is 0.182. The smallest absolute Gasteiger partial charge is 0.160 e. The number of hydrogen-bond acceptors (Lipinski definition) is 3. The number of thiophene rings is 1. The van der Waals surface area contributed by atoms with Crippen LogP contribution in [-0.4, -0.2) is 9.97 Å². The van der Waals surface area contributed by atoms with Crippen LogP contribution in [0.4, 0.5) is 0 Å². The van der Waals surface area contributed by atoms with Crippen molar-refractivity contribution < 1.29 is 0 Å². The summed E-state index contributed by atoms with van der Waals surface area (Å²) in [6.45, 7) is 4.72. The number of nitrogens with zero attached hydrogens (tertiary/aromatic N) is 2. The second-order valence-corrected chi connectivity index (χ2v) is 16.0. The van der Waals surface area contributed by atoms with Crippen LogP contribution in [0, 0.1) is 0 Å². The van der Waals surface area contributed by atoms with Gasteiger partial charge in [-0.25, -0.2) is 9.97 Å². The molecule has 0 N–H and O–H groups in total. The van der Waals surface area contributed by atoms with Gasteiger partial charge in [-0.15, -0.1) is 11.3 Å². The normalized spacial score (nSPS) is 13.1. The van der Waals surface area contributed by atoms with Gasteiger partial charge in [-0.05, 0) is 85.3 Å².